The second kappa shape index (κ2) is 4.54. The van der Waals surface area contributed by atoms with Crippen LogP contribution in [0, 0.1) is 0 Å². The van der Waals surface area contributed by atoms with Crippen LogP contribution in [0.3, 0.4) is 0 Å². The lowest BCUT2D eigenvalue weighted by atomic mass is 10.4. The lowest BCUT2D eigenvalue weighted by molar-refractivity contribution is 0.354. The summed E-state index contributed by atoms with van der Waals surface area (Å²) in [6.07, 6.45) is 0. The largest absolute Gasteiger partial charge is 0.480 e. The van der Waals surface area contributed by atoms with Crippen molar-refractivity contribution in [1.29, 1.82) is 0 Å². The fraction of sp³-hybridized carbons (Fsp3) is 0.286. The summed E-state index contributed by atoms with van der Waals surface area (Å²) in [6, 6.07) is 1.27. The Labute approximate surface area is 99.9 Å². The van der Waals surface area contributed by atoms with Gasteiger partial charge in [0.25, 0.3) is 9.05 Å². The van der Waals surface area contributed by atoms with Crippen molar-refractivity contribution < 1.29 is 17.9 Å². The minimum atomic E-state index is -3.89. The lowest BCUT2D eigenvalue weighted by Crippen LogP contribution is -2.01. The Morgan fingerprint density at radius 3 is 2.27 bits per heavy atom. The highest BCUT2D eigenvalue weighted by Gasteiger charge is 2.21. The van der Waals surface area contributed by atoms with E-state index in [1.165, 1.54) is 20.3 Å². The van der Waals surface area contributed by atoms with Gasteiger partial charge in [-0.2, -0.15) is 4.98 Å². The fourth-order valence-electron chi connectivity index (χ4n) is 0.903. The molecule has 0 spiro atoms. The minimum Gasteiger partial charge on any atom is -0.480 e. The molecular formula is C7H7BrClNO4S. The number of hydrogen-bond acceptors (Lipinski definition) is 5. The molecule has 15 heavy (non-hydrogen) atoms. The van der Waals surface area contributed by atoms with Gasteiger partial charge >= 0.3 is 0 Å². The number of pyridine rings is 1. The van der Waals surface area contributed by atoms with Gasteiger partial charge in [-0.3, -0.25) is 0 Å². The summed E-state index contributed by atoms with van der Waals surface area (Å²) in [5.41, 5.74) is 0. The number of halogens is 2. The van der Waals surface area contributed by atoms with Gasteiger partial charge < -0.3 is 9.47 Å². The van der Waals surface area contributed by atoms with Crippen LogP contribution in [0.25, 0.3) is 0 Å². The van der Waals surface area contributed by atoms with Crippen LogP contribution in [0.1, 0.15) is 0 Å². The highest BCUT2D eigenvalue weighted by atomic mass is 79.9. The van der Waals surface area contributed by atoms with E-state index in [2.05, 4.69) is 20.9 Å². The summed E-state index contributed by atoms with van der Waals surface area (Å²) < 4.78 is 32.3. The SMILES string of the molecule is COc1nc(OC)c(S(=O)(=O)Cl)cc1Br. The zero-order valence-corrected chi connectivity index (χ0v) is 11.0. The molecule has 1 aromatic heterocycles. The van der Waals surface area contributed by atoms with Crippen molar-refractivity contribution in [3.63, 3.8) is 0 Å². The van der Waals surface area contributed by atoms with Crippen molar-refractivity contribution in [3.05, 3.63) is 10.5 Å². The third-order valence-electron chi connectivity index (χ3n) is 1.53. The van der Waals surface area contributed by atoms with Crippen molar-refractivity contribution in [2.75, 3.05) is 14.2 Å². The summed E-state index contributed by atoms with van der Waals surface area (Å²) in [5, 5.41) is 0. The monoisotopic (exact) mass is 315 g/mol. The molecule has 0 aliphatic rings. The van der Waals surface area contributed by atoms with Crippen molar-refractivity contribution in [2.45, 2.75) is 4.90 Å². The molecule has 0 amide bonds. The lowest BCUT2D eigenvalue weighted by Gasteiger charge is -2.08. The third kappa shape index (κ3) is 2.73. The number of rotatable bonds is 3. The van der Waals surface area contributed by atoms with Crippen LogP contribution in [0.4, 0.5) is 0 Å². The van der Waals surface area contributed by atoms with Gasteiger partial charge in [-0.15, -0.1) is 0 Å². The van der Waals surface area contributed by atoms with E-state index < -0.39 is 9.05 Å². The second-order valence-electron chi connectivity index (χ2n) is 2.42. The molecule has 8 heteroatoms. The van der Waals surface area contributed by atoms with E-state index in [0.29, 0.717) is 4.47 Å². The van der Waals surface area contributed by atoms with Crippen molar-refractivity contribution in [1.82, 2.24) is 4.98 Å². The normalized spacial score (nSPS) is 11.2. The third-order valence-corrected chi connectivity index (χ3v) is 3.41. The average molecular weight is 317 g/mol. The molecule has 0 aromatic carbocycles. The molecule has 0 fully saturated rings. The van der Waals surface area contributed by atoms with Crippen LogP contribution < -0.4 is 9.47 Å². The smallest absolute Gasteiger partial charge is 0.266 e. The second-order valence-corrected chi connectivity index (χ2v) is 5.81. The molecule has 0 saturated heterocycles. The molecule has 0 radical (unpaired) electrons. The van der Waals surface area contributed by atoms with Gasteiger partial charge in [0.2, 0.25) is 11.8 Å². The highest BCUT2D eigenvalue weighted by molar-refractivity contribution is 9.10. The molecule has 0 atom stereocenters. The number of ether oxygens (including phenoxy) is 2. The van der Waals surface area contributed by atoms with Gasteiger partial charge in [-0.1, -0.05) is 0 Å². The first-order valence-electron chi connectivity index (χ1n) is 3.63. The van der Waals surface area contributed by atoms with E-state index in [-0.39, 0.29) is 16.7 Å². The molecule has 0 aliphatic carbocycles. The topological polar surface area (TPSA) is 65.5 Å². The fourth-order valence-corrected chi connectivity index (χ4v) is 2.46. The van der Waals surface area contributed by atoms with Crippen molar-refractivity contribution in [2.24, 2.45) is 0 Å². The summed E-state index contributed by atoms with van der Waals surface area (Å²) in [6.45, 7) is 0. The van der Waals surface area contributed by atoms with E-state index in [1.54, 1.807) is 0 Å². The van der Waals surface area contributed by atoms with E-state index in [4.69, 9.17) is 20.2 Å². The summed E-state index contributed by atoms with van der Waals surface area (Å²) >= 11 is 3.10. The molecule has 1 heterocycles. The Hall–Kier alpha value is -0.530. The maximum atomic E-state index is 11.1. The summed E-state index contributed by atoms with van der Waals surface area (Å²) in [5.74, 6) is 0.112. The van der Waals surface area contributed by atoms with E-state index in [9.17, 15) is 8.42 Å². The van der Waals surface area contributed by atoms with Crippen LogP contribution in [0.5, 0.6) is 11.8 Å². The summed E-state index contributed by atoms with van der Waals surface area (Å²) in [7, 11) is 4.00. The summed E-state index contributed by atoms with van der Waals surface area (Å²) in [4.78, 5) is 3.61. The van der Waals surface area contributed by atoms with Gasteiger partial charge in [-0.25, -0.2) is 8.42 Å². The molecule has 0 bridgehead atoms. The van der Waals surface area contributed by atoms with Crippen LogP contribution >= 0.6 is 26.6 Å². The zero-order valence-electron chi connectivity index (χ0n) is 7.82. The van der Waals surface area contributed by atoms with Crippen LogP contribution in [-0.2, 0) is 9.05 Å². The molecule has 0 aliphatic heterocycles. The molecule has 0 unspecified atom stereocenters. The van der Waals surface area contributed by atoms with Crippen LogP contribution in [0.15, 0.2) is 15.4 Å². The predicted molar refractivity (Wildman–Crippen MR) is 58.1 cm³/mol. The van der Waals surface area contributed by atoms with Crippen molar-refractivity contribution in [3.8, 4) is 11.8 Å². The Kier molecular flexibility index (Phi) is 3.80. The molecule has 5 nitrogen and oxygen atoms in total. The Morgan fingerprint density at radius 1 is 1.33 bits per heavy atom. The quantitative estimate of drug-likeness (QED) is 0.795. The van der Waals surface area contributed by atoms with E-state index in [0.717, 1.165) is 0 Å². The number of hydrogen-bond donors (Lipinski definition) is 0. The minimum absolute atomic E-state index is 0.106. The van der Waals surface area contributed by atoms with Gasteiger partial charge in [0.1, 0.15) is 4.90 Å². The molecule has 1 rings (SSSR count). The molecule has 1 aromatic rings. The van der Waals surface area contributed by atoms with Crippen molar-refractivity contribution >= 4 is 35.7 Å². The highest BCUT2D eigenvalue weighted by Crippen LogP contribution is 2.33. The maximum absolute atomic E-state index is 11.1. The predicted octanol–water partition coefficient (Wildman–Crippen LogP) is 1.79. The first kappa shape index (κ1) is 12.5. The molecular weight excluding hydrogens is 310 g/mol. The van der Waals surface area contributed by atoms with Gasteiger partial charge in [-0.05, 0) is 22.0 Å². The molecule has 84 valence electrons. The Bertz CT molecular complexity index is 476. The van der Waals surface area contributed by atoms with E-state index in [1.807, 2.05) is 0 Å². The van der Waals surface area contributed by atoms with Gasteiger partial charge in [0.05, 0.1) is 18.7 Å². The Morgan fingerprint density at radius 2 is 1.87 bits per heavy atom. The average Bonchev–Trinajstić information content (AvgIpc) is 2.16. The van der Waals surface area contributed by atoms with Crippen LogP contribution in [-0.4, -0.2) is 27.6 Å². The number of nitrogens with zero attached hydrogens (tertiary/aromatic N) is 1. The zero-order chi connectivity index (χ0) is 11.6. The van der Waals surface area contributed by atoms with Crippen LogP contribution in [0.2, 0.25) is 0 Å². The standard InChI is InChI=1S/C7H7BrClNO4S/c1-13-6-4(8)3-5(15(9,11)12)7(10-6)14-2/h3H,1-2H3. The number of aromatic nitrogens is 1. The first-order valence-corrected chi connectivity index (χ1v) is 6.73. The van der Waals surface area contributed by atoms with Gasteiger partial charge in [0, 0.05) is 10.7 Å². The molecule has 0 saturated carbocycles. The Balaban J connectivity index is 3.48. The maximum Gasteiger partial charge on any atom is 0.266 e. The van der Waals surface area contributed by atoms with Gasteiger partial charge in [0.15, 0.2) is 0 Å². The van der Waals surface area contributed by atoms with E-state index >= 15 is 0 Å². The number of methoxy groups -OCH3 is 2. The molecule has 0 N–H and O–H groups in total. The first-order chi connectivity index (χ1) is 6.90.